The highest BCUT2D eigenvalue weighted by Gasteiger charge is 2.23. The summed E-state index contributed by atoms with van der Waals surface area (Å²) in [7, 11) is 1.66. The van der Waals surface area contributed by atoms with Crippen molar-refractivity contribution in [1.82, 2.24) is 10.2 Å². The predicted molar refractivity (Wildman–Crippen MR) is 125 cm³/mol. The number of hydrogen-bond donors (Lipinski definition) is 1. The number of nitrogens with zero attached hydrogens (tertiary/aromatic N) is 2. The molecule has 160 valence electrons. The van der Waals surface area contributed by atoms with Crippen LogP contribution >= 0.6 is 0 Å². The Hall–Kier alpha value is -3.47. The minimum absolute atomic E-state index is 0.0282. The summed E-state index contributed by atoms with van der Waals surface area (Å²) >= 11 is 0. The van der Waals surface area contributed by atoms with Crippen molar-refractivity contribution in [2.75, 3.05) is 38.2 Å². The molecule has 1 atom stereocenters. The van der Waals surface area contributed by atoms with Gasteiger partial charge < -0.3 is 19.9 Å². The number of para-hydroxylation sites is 1. The van der Waals surface area contributed by atoms with Crippen LogP contribution in [0.25, 0.3) is 0 Å². The van der Waals surface area contributed by atoms with E-state index in [1.807, 2.05) is 53.4 Å². The molecular formula is C26H29N3O2. The molecule has 1 N–H and O–H groups in total. The summed E-state index contributed by atoms with van der Waals surface area (Å²) in [6, 6.07) is 28.1. The third kappa shape index (κ3) is 5.18. The highest BCUT2D eigenvalue weighted by molar-refractivity contribution is 5.75. The number of amides is 2. The number of rotatable bonds is 5. The van der Waals surface area contributed by atoms with Crippen molar-refractivity contribution in [3.05, 3.63) is 96.1 Å². The molecule has 2 amide bonds. The molecule has 31 heavy (non-hydrogen) atoms. The molecule has 0 saturated carbocycles. The van der Waals surface area contributed by atoms with Gasteiger partial charge >= 0.3 is 6.03 Å². The Kier molecular flexibility index (Phi) is 6.72. The molecule has 1 saturated heterocycles. The standard InChI is InChI=1S/C26H29N3O2/c1-31-24-15-13-22(14-16-24)25(21-9-4-2-5-10-21)27-26(30)29-18-8-17-28(19-20-29)23-11-6-3-7-12-23/h2-7,9-16,25H,8,17-20H2,1H3,(H,27,30). The Morgan fingerprint density at radius 3 is 2.13 bits per heavy atom. The molecular weight excluding hydrogens is 386 g/mol. The molecule has 1 fully saturated rings. The summed E-state index contributed by atoms with van der Waals surface area (Å²) < 4.78 is 5.29. The fourth-order valence-electron chi connectivity index (χ4n) is 4.03. The van der Waals surface area contributed by atoms with E-state index in [0.717, 1.165) is 42.9 Å². The van der Waals surface area contributed by atoms with Crippen LogP contribution in [0.15, 0.2) is 84.9 Å². The molecule has 0 radical (unpaired) electrons. The quantitative estimate of drug-likeness (QED) is 0.657. The van der Waals surface area contributed by atoms with Gasteiger partial charge in [0.15, 0.2) is 0 Å². The summed E-state index contributed by atoms with van der Waals surface area (Å²) in [5, 5.41) is 3.27. The van der Waals surface area contributed by atoms with Gasteiger partial charge in [-0.1, -0.05) is 60.7 Å². The number of anilines is 1. The van der Waals surface area contributed by atoms with E-state index in [-0.39, 0.29) is 12.1 Å². The first-order chi connectivity index (χ1) is 15.2. The first-order valence-electron chi connectivity index (χ1n) is 10.8. The van der Waals surface area contributed by atoms with Crippen molar-refractivity contribution >= 4 is 11.7 Å². The van der Waals surface area contributed by atoms with Gasteiger partial charge in [-0.05, 0) is 41.8 Å². The van der Waals surface area contributed by atoms with Gasteiger partial charge in [0, 0.05) is 31.9 Å². The summed E-state index contributed by atoms with van der Waals surface area (Å²) in [4.78, 5) is 17.5. The van der Waals surface area contributed by atoms with E-state index in [1.54, 1.807) is 7.11 Å². The van der Waals surface area contributed by atoms with Crippen LogP contribution in [-0.2, 0) is 0 Å². The minimum Gasteiger partial charge on any atom is -0.497 e. The van der Waals surface area contributed by atoms with Gasteiger partial charge in [-0.2, -0.15) is 0 Å². The van der Waals surface area contributed by atoms with Crippen molar-refractivity contribution in [2.24, 2.45) is 0 Å². The monoisotopic (exact) mass is 415 g/mol. The largest absolute Gasteiger partial charge is 0.497 e. The van der Waals surface area contributed by atoms with Gasteiger partial charge in [0.25, 0.3) is 0 Å². The Labute approximate surface area is 184 Å². The molecule has 3 aromatic rings. The number of ether oxygens (including phenoxy) is 1. The number of carbonyl (C=O) groups excluding carboxylic acids is 1. The van der Waals surface area contributed by atoms with Crippen LogP contribution in [0.1, 0.15) is 23.6 Å². The van der Waals surface area contributed by atoms with Gasteiger partial charge in [0.05, 0.1) is 13.2 Å². The molecule has 3 aromatic carbocycles. The zero-order valence-electron chi connectivity index (χ0n) is 17.9. The highest BCUT2D eigenvalue weighted by Crippen LogP contribution is 2.25. The number of methoxy groups -OCH3 is 1. The smallest absolute Gasteiger partial charge is 0.318 e. The highest BCUT2D eigenvalue weighted by atomic mass is 16.5. The third-order valence-corrected chi connectivity index (χ3v) is 5.75. The molecule has 0 spiro atoms. The van der Waals surface area contributed by atoms with E-state index in [1.165, 1.54) is 5.69 Å². The Morgan fingerprint density at radius 2 is 1.45 bits per heavy atom. The molecule has 0 aromatic heterocycles. The first-order valence-corrected chi connectivity index (χ1v) is 10.8. The second-order valence-corrected chi connectivity index (χ2v) is 7.73. The molecule has 1 aliphatic rings. The molecule has 1 unspecified atom stereocenters. The van der Waals surface area contributed by atoms with Gasteiger partial charge in [0.2, 0.25) is 0 Å². The summed E-state index contributed by atoms with van der Waals surface area (Å²) in [6.07, 6.45) is 0.945. The van der Waals surface area contributed by atoms with Crippen LogP contribution in [0.4, 0.5) is 10.5 Å². The Bertz CT molecular complexity index is 961. The number of nitrogens with one attached hydrogen (secondary N) is 1. The fourth-order valence-corrected chi connectivity index (χ4v) is 4.03. The Morgan fingerprint density at radius 1 is 0.806 bits per heavy atom. The fraction of sp³-hybridized carbons (Fsp3) is 0.269. The number of urea groups is 1. The van der Waals surface area contributed by atoms with E-state index in [0.29, 0.717) is 6.54 Å². The van der Waals surface area contributed by atoms with Crippen molar-refractivity contribution in [1.29, 1.82) is 0 Å². The van der Waals surface area contributed by atoms with Crippen LogP contribution in [-0.4, -0.2) is 44.2 Å². The molecule has 0 aliphatic carbocycles. The van der Waals surface area contributed by atoms with Crippen LogP contribution < -0.4 is 15.0 Å². The predicted octanol–water partition coefficient (Wildman–Crippen LogP) is 4.71. The van der Waals surface area contributed by atoms with E-state index in [9.17, 15) is 4.79 Å². The van der Waals surface area contributed by atoms with Crippen LogP contribution in [0.3, 0.4) is 0 Å². The summed E-state index contributed by atoms with van der Waals surface area (Å²) in [6.45, 7) is 3.23. The van der Waals surface area contributed by atoms with E-state index < -0.39 is 0 Å². The first kappa shape index (κ1) is 20.8. The topological polar surface area (TPSA) is 44.8 Å². The van der Waals surface area contributed by atoms with Crippen LogP contribution in [0, 0.1) is 0 Å². The zero-order chi connectivity index (χ0) is 21.5. The van der Waals surface area contributed by atoms with Crippen molar-refractivity contribution < 1.29 is 9.53 Å². The van der Waals surface area contributed by atoms with Crippen molar-refractivity contribution in [3.8, 4) is 5.75 Å². The summed E-state index contributed by atoms with van der Waals surface area (Å²) in [5.74, 6) is 0.801. The maximum atomic E-state index is 13.2. The van der Waals surface area contributed by atoms with Crippen molar-refractivity contribution in [2.45, 2.75) is 12.5 Å². The van der Waals surface area contributed by atoms with Crippen LogP contribution in [0.2, 0.25) is 0 Å². The number of carbonyl (C=O) groups is 1. The molecule has 1 heterocycles. The molecule has 5 nitrogen and oxygen atoms in total. The van der Waals surface area contributed by atoms with E-state index >= 15 is 0 Å². The molecule has 1 aliphatic heterocycles. The maximum Gasteiger partial charge on any atom is 0.318 e. The average molecular weight is 416 g/mol. The second-order valence-electron chi connectivity index (χ2n) is 7.73. The maximum absolute atomic E-state index is 13.2. The number of hydrogen-bond acceptors (Lipinski definition) is 3. The normalized spacial score (nSPS) is 15.1. The molecule has 5 heteroatoms. The molecule has 0 bridgehead atoms. The van der Waals surface area contributed by atoms with Gasteiger partial charge in [-0.25, -0.2) is 4.79 Å². The summed E-state index contributed by atoms with van der Waals surface area (Å²) in [5.41, 5.74) is 3.30. The second kappa shape index (κ2) is 10.0. The lowest BCUT2D eigenvalue weighted by atomic mass is 9.99. The molecule has 4 rings (SSSR count). The SMILES string of the molecule is COc1ccc(C(NC(=O)N2CCCN(c3ccccc3)CC2)c2ccccc2)cc1. The van der Waals surface area contributed by atoms with E-state index in [2.05, 4.69) is 46.6 Å². The van der Waals surface area contributed by atoms with Gasteiger partial charge in [-0.15, -0.1) is 0 Å². The third-order valence-electron chi connectivity index (χ3n) is 5.75. The lowest BCUT2D eigenvalue weighted by molar-refractivity contribution is 0.199. The minimum atomic E-state index is -0.215. The average Bonchev–Trinajstić information content (AvgIpc) is 3.10. The number of benzene rings is 3. The van der Waals surface area contributed by atoms with Gasteiger partial charge in [0.1, 0.15) is 5.75 Å². The van der Waals surface area contributed by atoms with E-state index in [4.69, 9.17) is 4.74 Å². The Balaban J connectivity index is 1.48. The van der Waals surface area contributed by atoms with Crippen LogP contribution in [0.5, 0.6) is 5.75 Å². The lowest BCUT2D eigenvalue weighted by Gasteiger charge is -2.27. The lowest BCUT2D eigenvalue weighted by Crippen LogP contribution is -2.43. The van der Waals surface area contributed by atoms with Gasteiger partial charge in [-0.3, -0.25) is 0 Å². The van der Waals surface area contributed by atoms with Crippen molar-refractivity contribution in [3.63, 3.8) is 0 Å². The zero-order valence-corrected chi connectivity index (χ0v) is 17.9.